The second-order valence-corrected chi connectivity index (χ2v) is 13.5. The zero-order valence-corrected chi connectivity index (χ0v) is 24.6. The van der Waals surface area contributed by atoms with E-state index in [-0.39, 0.29) is 30.4 Å². The van der Waals surface area contributed by atoms with Crippen molar-refractivity contribution in [3.63, 3.8) is 0 Å². The van der Waals surface area contributed by atoms with Crippen LogP contribution in [0.15, 0.2) is 30.3 Å². The maximum atomic E-state index is 14.4. The Kier molecular flexibility index (Phi) is 7.96. The number of ether oxygens (including phenoxy) is 2. The third-order valence-electron chi connectivity index (χ3n) is 8.76. The van der Waals surface area contributed by atoms with Gasteiger partial charge in [0, 0.05) is 5.54 Å². The zero-order valence-electron chi connectivity index (χ0n) is 24.6. The van der Waals surface area contributed by atoms with Crippen molar-refractivity contribution in [2.75, 3.05) is 13.2 Å². The molecule has 39 heavy (non-hydrogen) atoms. The number of carbonyl (C=O) groups excluding carboxylic acids is 3. The van der Waals surface area contributed by atoms with Gasteiger partial charge in [0.15, 0.2) is 0 Å². The van der Waals surface area contributed by atoms with Gasteiger partial charge < -0.3 is 24.8 Å². The van der Waals surface area contributed by atoms with E-state index in [0.717, 1.165) is 12.0 Å². The number of nitrogens with one attached hydrogen (secondary N) is 1. The summed E-state index contributed by atoms with van der Waals surface area (Å²) in [4.78, 5) is 43.6. The molecule has 3 aliphatic rings. The third kappa shape index (κ3) is 5.22. The molecular weight excluding hydrogens is 496 g/mol. The van der Waals surface area contributed by atoms with Crippen molar-refractivity contribution in [2.45, 2.75) is 109 Å². The molecule has 8 heteroatoms. The van der Waals surface area contributed by atoms with E-state index in [1.807, 2.05) is 51.1 Å². The number of benzene rings is 1. The van der Waals surface area contributed by atoms with Crippen molar-refractivity contribution in [3.05, 3.63) is 35.9 Å². The number of rotatable bonds is 10. The van der Waals surface area contributed by atoms with Crippen LogP contribution in [-0.4, -0.2) is 69.8 Å². The largest absolute Gasteiger partial charge is 0.466 e. The number of hydrogen-bond acceptors (Lipinski definition) is 6. The first-order valence-corrected chi connectivity index (χ1v) is 14.4. The molecule has 3 saturated heterocycles. The van der Waals surface area contributed by atoms with Crippen molar-refractivity contribution in [2.24, 2.45) is 17.3 Å². The van der Waals surface area contributed by atoms with E-state index in [2.05, 4.69) is 26.1 Å². The van der Waals surface area contributed by atoms with Gasteiger partial charge in [-0.3, -0.25) is 14.4 Å². The Hall–Kier alpha value is -2.45. The number of likely N-dealkylation sites (tertiary alicyclic amines) is 1. The van der Waals surface area contributed by atoms with Crippen LogP contribution in [0.3, 0.4) is 0 Å². The summed E-state index contributed by atoms with van der Waals surface area (Å²) in [6.45, 7) is 13.9. The summed E-state index contributed by atoms with van der Waals surface area (Å²) < 4.78 is 12.3. The summed E-state index contributed by atoms with van der Waals surface area (Å²) >= 11 is 0. The average Bonchev–Trinajstić information content (AvgIpc) is 3.45. The highest BCUT2D eigenvalue weighted by Crippen LogP contribution is 2.64. The van der Waals surface area contributed by atoms with Crippen molar-refractivity contribution in [1.29, 1.82) is 0 Å². The quantitative estimate of drug-likeness (QED) is 0.438. The fourth-order valence-electron chi connectivity index (χ4n) is 7.85. The molecule has 216 valence electrons. The van der Waals surface area contributed by atoms with E-state index >= 15 is 0 Å². The van der Waals surface area contributed by atoms with E-state index < -0.39 is 46.6 Å². The maximum Gasteiger partial charge on any atom is 0.312 e. The first-order valence-electron chi connectivity index (χ1n) is 14.4. The minimum absolute atomic E-state index is 0.0344. The summed E-state index contributed by atoms with van der Waals surface area (Å²) in [5.41, 5.74) is -1.63. The van der Waals surface area contributed by atoms with Crippen molar-refractivity contribution in [1.82, 2.24) is 10.2 Å². The fraction of sp³-hybridized carbons (Fsp3) is 0.710. The minimum Gasteiger partial charge on any atom is -0.466 e. The Morgan fingerprint density at radius 2 is 1.82 bits per heavy atom. The summed E-state index contributed by atoms with van der Waals surface area (Å²) in [6.07, 6.45) is 2.71. The molecule has 0 aromatic heterocycles. The van der Waals surface area contributed by atoms with Crippen LogP contribution in [-0.2, 0) is 30.3 Å². The van der Waals surface area contributed by atoms with Crippen LogP contribution in [0.5, 0.6) is 0 Å². The summed E-state index contributed by atoms with van der Waals surface area (Å²) in [6, 6.07) is 8.01. The van der Waals surface area contributed by atoms with E-state index in [1.165, 1.54) is 4.90 Å². The molecule has 0 radical (unpaired) electrons. The number of nitrogens with zero attached hydrogens (tertiary/aromatic N) is 1. The van der Waals surface area contributed by atoms with Gasteiger partial charge >= 0.3 is 5.97 Å². The molecule has 3 fully saturated rings. The lowest BCUT2D eigenvalue weighted by Gasteiger charge is -2.40. The molecule has 8 nitrogen and oxygen atoms in total. The molecule has 2 N–H and O–H groups in total. The van der Waals surface area contributed by atoms with Crippen molar-refractivity contribution in [3.8, 4) is 0 Å². The van der Waals surface area contributed by atoms with Gasteiger partial charge in [-0.15, -0.1) is 0 Å². The normalized spacial score (nSPS) is 30.8. The maximum absolute atomic E-state index is 14.4. The molecule has 4 rings (SSSR count). The molecule has 0 saturated carbocycles. The van der Waals surface area contributed by atoms with Gasteiger partial charge in [0.1, 0.15) is 17.6 Å². The first-order chi connectivity index (χ1) is 18.2. The molecule has 2 bridgehead atoms. The molecule has 2 amide bonds. The highest BCUT2D eigenvalue weighted by Gasteiger charge is 2.79. The Morgan fingerprint density at radius 3 is 2.38 bits per heavy atom. The predicted octanol–water partition coefficient (Wildman–Crippen LogP) is 3.64. The standard InChI is InChI=1S/C31H46N2O6/c1-8-30-15-16-31(39-30)22(23(30)27(37)38-9-2)26(36)33(21(18-34)17-20-13-11-10-12-14-20)24(31)25(35)32-29(6,7)19-28(3,4)5/h10-14,21-24,34H,8-9,15-19H2,1-7H3,(H,32,35)/t21-,22+,23+,24?,30-,31?/m1/s1. The monoisotopic (exact) mass is 542 g/mol. The Morgan fingerprint density at radius 1 is 1.15 bits per heavy atom. The number of carbonyl (C=O) groups is 3. The highest BCUT2D eigenvalue weighted by atomic mass is 16.6. The molecule has 1 spiro atoms. The van der Waals surface area contributed by atoms with Gasteiger partial charge in [-0.25, -0.2) is 0 Å². The molecular formula is C31H46N2O6. The smallest absolute Gasteiger partial charge is 0.312 e. The van der Waals surface area contributed by atoms with Crippen LogP contribution >= 0.6 is 0 Å². The van der Waals surface area contributed by atoms with Crippen LogP contribution in [0.1, 0.15) is 79.7 Å². The van der Waals surface area contributed by atoms with Gasteiger partial charge in [0.2, 0.25) is 11.8 Å². The average molecular weight is 543 g/mol. The molecule has 3 aliphatic heterocycles. The number of aliphatic hydroxyl groups is 1. The molecule has 6 atom stereocenters. The lowest BCUT2D eigenvalue weighted by Crippen LogP contribution is -2.61. The summed E-state index contributed by atoms with van der Waals surface area (Å²) in [7, 11) is 0. The van der Waals surface area contributed by atoms with Crippen LogP contribution in [0.4, 0.5) is 0 Å². The van der Waals surface area contributed by atoms with Crippen molar-refractivity contribution < 1.29 is 29.0 Å². The van der Waals surface area contributed by atoms with E-state index in [0.29, 0.717) is 25.7 Å². The number of amides is 2. The van der Waals surface area contributed by atoms with Crippen molar-refractivity contribution >= 4 is 17.8 Å². The second-order valence-electron chi connectivity index (χ2n) is 13.5. The zero-order chi connectivity index (χ0) is 28.8. The third-order valence-corrected chi connectivity index (χ3v) is 8.76. The van der Waals surface area contributed by atoms with Crippen LogP contribution in [0.2, 0.25) is 0 Å². The Labute approximate surface area is 232 Å². The summed E-state index contributed by atoms with van der Waals surface area (Å²) in [5, 5.41) is 13.8. The predicted molar refractivity (Wildman–Crippen MR) is 148 cm³/mol. The fourth-order valence-corrected chi connectivity index (χ4v) is 7.85. The SMILES string of the molecule is CCOC(=O)[C@@H]1[C@H]2C(=O)N([C@@H](CO)Cc3ccccc3)C(C(=O)NC(C)(C)CC(C)(C)C)C23CC[C@@]1(CC)O3. The minimum atomic E-state index is -1.16. The molecule has 3 heterocycles. The van der Waals surface area contributed by atoms with Crippen LogP contribution < -0.4 is 5.32 Å². The highest BCUT2D eigenvalue weighted by molar-refractivity contribution is 5.99. The van der Waals surface area contributed by atoms with Crippen LogP contribution in [0.25, 0.3) is 0 Å². The van der Waals surface area contributed by atoms with Crippen LogP contribution in [0, 0.1) is 17.3 Å². The Balaban J connectivity index is 1.79. The van der Waals surface area contributed by atoms with E-state index in [9.17, 15) is 19.5 Å². The summed E-state index contributed by atoms with van der Waals surface area (Å²) in [5.74, 6) is -2.69. The molecule has 0 aliphatic carbocycles. The lowest BCUT2D eigenvalue weighted by molar-refractivity contribution is -0.162. The molecule has 2 unspecified atom stereocenters. The number of esters is 1. The number of aliphatic hydroxyl groups excluding tert-OH is 1. The lowest BCUT2D eigenvalue weighted by atomic mass is 9.65. The van der Waals surface area contributed by atoms with Gasteiger partial charge in [-0.05, 0) is 63.9 Å². The van der Waals surface area contributed by atoms with Gasteiger partial charge in [-0.2, -0.15) is 0 Å². The van der Waals surface area contributed by atoms with E-state index in [1.54, 1.807) is 6.92 Å². The topological polar surface area (TPSA) is 105 Å². The second kappa shape index (κ2) is 10.5. The molecule has 1 aromatic carbocycles. The first kappa shape index (κ1) is 29.5. The van der Waals surface area contributed by atoms with Gasteiger partial charge in [0.05, 0.1) is 30.8 Å². The Bertz CT molecular complexity index is 1080. The van der Waals surface area contributed by atoms with Gasteiger partial charge in [-0.1, -0.05) is 58.0 Å². The van der Waals surface area contributed by atoms with E-state index in [4.69, 9.17) is 9.47 Å². The number of fused-ring (bicyclic) bond motifs is 1. The van der Waals surface area contributed by atoms with Gasteiger partial charge in [0.25, 0.3) is 0 Å². The molecule has 1 aromatic rings. The number of hydrogen-bond donors (Lipinski definition) is 2.